The number of aromatic nitrogens is 2. The number of nitrogens with zero attached hydrogens (tertiary/aromatic N) is 2. The third-order valence-corrected chi connectivity index (χ3v) is 3.09. The molecule has 5 heteroatoms. The van der Waals surface area contributed by atoms with E-state index >= 15 is 0 Å². The predicted octanol–water partition coefficient (Wildman–Crippen LogP) is 1.40. The molecule has 1 N–H and O–H groups in total. The summed E-state index contributed by atoms with van der Waals surface area (Å²) in [6.45, 7) is 4.17. The molecule has 0 fully saturated rings. The van der Waals surface area contributed by atoms with E-state index in [9.17, 15) is 9.90 Å². The Balaban J connectivity index is 2.35. The summed E-state index contributed by atoms with van der Waals surface area (Å²) in [5.74, 6) is -0.336. The normalized spacial score (nSPS) is 15.0. The van der Waals surface area contributed by atoms with Crippen LogP contribution in [0.3, 0.4) is 0 Å². The zero-order valence-electron chi connectivity index (χ0n) is 9.96. The molecule has 2 aromatic heterocycles. The van der Waals surface area contributed by atoms with Gasteiger partial charge in [0.15, 0.2) is 11.2 Å². The van der Waals surface area contributed by atoms with E-state index in [-0.39, 0.29) is 12.5 Å². The van der Waals surface area contributed by atoms with Gasteiger partial charge in [0.05, 0.1) is 12.6 Å². The molecule has 92 valence electrons. The highest BCUT2D eigenvalue weighted by Gasteiger charge is 2.17. The smallest absolute Gasteiger partial charge is 0.406 e. The van der Waals surface area contributed by atoms with Crippen molar-refractivity contribution in [3.05, 3.63) is 28.9 Å². The van der Waals surface area contributed by atoms with Crippen molar-refractivity contribution >= 4 is 11.2 Å². The number of rotatable bonds is 4. The minimum absolute atomic E-state index is 0.135. The largest absolute Gasteiger partial charge is 0.421 e. The maximum atomic E-state index is 11.6. The van der Waals surface area contributed by atoms with Crippen molar-refractivity contribution in [2.45, 2.75) is 32.9 Å². The summed E-state index contributed by atoms with van der Waals surface area (Å²) in [6, 6.07) is 3.40. The number of fused-ring (bicyclic) bond motifs is 1. The van der Waals surface area contributed by atoms with E-state index in [0.717, 1.165) is 6.42 Å². The third kappa shape index (κ3) is 2.24. The van der Waals surface area contributed by atoms with Gasteiger partial charge in [0.2, 0.25) is 0 Å². The fourth-order valence-corrected chi connectivity index (χ4v) is 1.70. The van der Waals surface area contributed by atoms with Crippen molar-refractivity contribution in [3.8, 4) is 0 Å². The molecule has 2 rings (SSSR count). The van der Waals surface area contributed by atoms with Crippen LogP contribution >= 0.6 is 0 Å². The van der Waals surface area contributed by atoms with Crippen LogP contribution in [0.2, 0.25) is 0 Å². The highest BCUT2D eigenvalue weighted by atomic mass is 16.4. The minimum Gasteiger partial charge on any atom is -0.406 e. The number of hydrogen-bond donors (Lipinski definition) is 1. The molecule has 0 aliphatic rings. The SMILES string of the molecule is CCC(C)C(O)Cn1c(=O)oc2cccnc21. The Labute approximate surface area is 98.7 Å². The fraction of sp³-hybridized carbons (Fsp3) is 0.500. The Hall–Kier alpha value is -1.62. The molecule has 0 amide bonds. The van der Waals surface area contributed by atoms with Crippen molar-refractivity contribution in [1.82, 2.24) is 9.55 Å². The average Bonchev–Trinajstić information content (AvgIpc) is 2.65. The highest BCUT2D eigenvalue weighted by Crippen LogP contribution is 2.13. The number of aliphatic hydroxyl groups is 1. The van der Waals surface area contributed by atoms with E-state index in [1.165, 1.54) is 4.57 Å². The van der Waals surface area contributed by atoms with Gasteiger partial charge in [0.1, 0.15) is 0 Å². The zero-order chi connectivity index (χ0) is 12.4. The molecule has 5 nitrogen and oxygen atoms in total. The Morgan fingerprint density at radius 3 is 3.06 bits per heavy atom. The van der Waals surface area contributed by atoms with E-state index in [1.54, 1.807) is 18.3 Å². The maximum Gasteiger partial charge on any atom is 0.421 e. The van der Waals surface area contributed by atoms with Crippen molar-refractivity contribution in [2.24, 2.45) is 5.92 Å². The lowest BCUT2D eigenvalue weighted by Gasteiger charge is -2.16. The van der Waals surface area contributed by atoms with Gasteiger partial charge < -0.3 is 9.52 Å². The molecule has 0 spiro atoms. The Bertz CT molecular complexity index is 558. The molecule has 0 aliphatic carbocycles. The third-order valence-electron chi connectivity index (χ3n) is 3.09. The number of aliphatic hydroxyl groups excluding tert-OH is 1. The Morgan fingerprint density at radius 2 is 2.35 bits per heavy atom. The van der Waals surface area contributed by atoms with Gasteiger partial charge in [0.25, 0.3) is 0 Å². The van der Waals surface area contributed by atoms with Crippen LogP contribution in [-0.4, -0.2) is 20.8 Å². The van der Waals surface area contributed by atoms with Gasteiger partial charge in [-0.25, -0.2) is 9.78 Å². The first kappa shape index (κ1) is 11.9. The molecule has 0 aliphatic heterocycles. The van der Waals surface area contributed by atoms with Crippen LogP contribution < -0.4 is 5.76 Å². The Morgan fingerprint density at radius 1 is 1.59 bits per heavy atom. The molecular formula is C12H16N2O3. The Kier molecular flexibility index (Phi) is 3.28. The van der Waals surface area contributed by atoms with Crippen molar-refractivity contribution < 1.29 is 9.52 Å². The van der Waals surface area contributed by atoms with Crippen LogP contribution in [0.15, 0.2) is 27.5 Å². The monoisotopic (exact) mass is 236 g/mol. The summed E-state index contributed by atoms with van der Waals surface area (Å²) in [5.41, 5.74) is 0.939. The second-order valence-electron chi connectivity index (χ2n) is 4.26. The van der Waals surface area contributed by atoms with Gasteiger partial charge in [-0.15, -0.1) is 0 Å². The van der Waals surface area contributed by atoms with Crippen LogP contribution in [0.5, 0.6) is 0 Å². The van der Waals surface area contributed by atoms with Crippen molar-refractivity contribution in [1.29, 1.82) is 0 Å². The van der Waals surface area contributed by atoms with E-state index in [2.05, 4.69) is 4.98 Å². The summed E-state index contributed by atoms with van der Waals surface area (Å²) >= 11 is 0. The molecule has 0 aromatic carbocycles. The first-order valence-corrected chi connectivity index (χ1v) is 5.76. The molecule has 2 unspecified atom stereocenters. The van der Waals surface area contributed by atoms with Gasteiger partial charge in [-0.3, -0.25) is 4.57 Å². The van der Waals surface area contributed by atoms with Gasteiger partial charge >= 0.3 is 5.76 Å². The molecule has 2 atom stereocenters. The number of pyridine rings is 1. The van der Waals surface area contributed by atoms with E-state index in [4.69, 9.17) is 4.42 Å². The lowest BCUT2D eigenvalue weighted by molar-refractivity contribution is 0.0954. The van der Waals surface area contributed by atoms with E-state index in [0.29, 0.717) is 11.2 Å². The fourth-order valence-electron chi connectivity index (χ4n) is 1.70. The quantitative estimate of drug-likeness (QED) is 0.871. The summed E-state index contributed by atoms with van der Waals surface area (Å²) in [7, 11) is 0. The first-order valence-electron chi connectivity index (χ1n) is 5.76. The van der Waals surface area contributed by atoms with Crippen molar-refractivity contribution in [3.63, 3.8) is 0 Å². The van der Waals surface area contributed by atoms with Gasteiger partial charge in [-0.05, 0) is 18.1 Å². The molecule has 0 bridgehead atoms. The lowest BCUT2D eigenvalue weighted by Crippen LogP contribution is -2.28. The molecule has 0 radical (unpaired) electrons. The highest BCUT2D eigenvalue weighted by molar-refractivity contribution is 5.67. The minimum atomic E-state index is -0.569. The summed E-state index contributed by atoms with van der Waals surface area (Å²) < 4.78 is 6.43. The second-order valence-corrected chi connectivity index (χ2v) is 4.26. The summed E-state index contributed by atoms with van der Waals surface area (Å²) in [4.78, 5) is 15.7. The van der Waals surface area contributed by atoms with Gasteiger partial charge in [0, 0.05) is 6.20 Å². The van der Waals surface area contributed by atoms with Crippen LogP contribution in [0.25, 0.3) is 11.2 Å². The lowest BCUT2D eigenvalue weighted by atomic mass is 10.0. The van der Waals surface area contributed by atoms with Crippen molar-refractivity contribution in [2.75, 3.05) is 0 Å². The predicted molar refractivity (Wildman–Crippen MR) is 63.7 cm³/mol. The van der Waals surface area contributed by atoms with Crippen LogP contribution in [-0.2, 0) is 6.54 Å². The topological polar surface area (TPSA) is 68.3 Å². The standard InChI is InChI=1S/C12H16N2O3/c1-3-8(2)9(15)7-14-11-10(17-12(14)16)5-4-6-13-11/h4-6,8-9,15H,3,7H2,1-2H3. The molecular weight excluding hydrogens is 220 g/mol. The van der Waals surface area contributed by atoms with E-state index < -0.39 is 11.9 Å². The molecule has 2 heterocycles. The number of hydrogen-bond acceptors (Lipinski definition) is 4. The second kappa shape index (κ2) is 4.71. The summed E-state index contributed by atoms with van der Waals surface area (Å²) in [6.07, 6.45) is 1.89. The molecule has 0 saturated carbocycles. The molecule has 17 heavy (non-hydrogen) atoms. The summed E-state index contributed by atoms with van der Waals surface area (Å²) in [5, 5.41) is 9.94. The van der Waals surface area contributed by atoms with E-state index in [1.807, 2.05) is 13.8 Å². The average molecular weight is 236 g/mol. The maximum absolute atomic E-state index is 11.6. The molecule has 2 aromatic rings. The van der Waals surface area contributed by atoms with Crippen LogP contribution in [0.1, 0.15) is 20.3 Å². The van der Waals surface area contributed by atoms with Crippen LogP contribution in [0.4, 0.5) is 0 Å². The van der Waals surface area contributed by atoms with Crippen LogP contribution in [0, 0.1) is 5.92 Å². The first-order chi connectivity index (χ1) is 8.13. The molecule has 0 saturated heterocycles. The number of oxazole rings is 1. The zero-order valence-corrected chi connectivity index (χ0v) is 9.96. The van der Waals surface area contributed by atoms with Gasteiger partial charge in [-0.1, -0.05) is 20.3 Å². The van der Waals surface area contributed by atoms with Gasteiger partial charge in [-0.2, -0.15) is 0 Å².